The van der Waals surface area contributed by atoms with Crippen LogP contribution in [0.4, 0.5) is 28.4 Å². The van der Waals surface area contributed by atoms with Crippen LogP contribution in [0.15, 0.2) is 346 Å². The normalized spacial score (nSPS) is 12.4. The average molecular weight is 1320 g/mol. The molecule has 15 aromatic carbocycles. The summed E-state index contributed by atoms with van der Waals surface area (Å²) in [5.41, 5.74) is 36.8. The van der Waals surface area contributed by atoms with Crippen molar-refractivity contribution in [3.05, 3.63) is 357 Å². The summed E-state index contributed by atoms with van der Waals surface area (Å²) in [5.74, 6) is 0. The van der Waals surface area contributed by atoms with Crippen LogP contribution in [0.3, 0.4) is 0 Å². The van der Waals surface area contributed by atoms with E-state index in [1.165, 1.54) is 138 Å². The quantitative estimate of drug-likeness (QED) is 0.113. The molecule has 0 unspecified atom stereocenters. The Balaban J connectivity index is 0.911. The van der Waals surface area contributed by atoms with Gasteiger partial charge < -0.3 is 14.4 Å². The van der Waals surface area contributed by atoms with Crippen LogP contribution in [-0.2, 0) is 10.8 Å². The molecular weight excluding hydrogens is 1240 g/mol. The van der Waals surface area contributed by atoms with Crippen molar-refractivity contribution in [2.45, 2.75) is 52.4 Å². The van der Waals surface area contributed by atoms with Gasteiger partial charge in [0.2, 0.25) is 0 Å². The van der Waals surface area contributed by atoms with Crippen LogP contribution in [0.5, 0.6) is 0 Å². The molecule has 0 spiro atoms. The highest BCUT2D eigenvalue weighted by molar-refractivity contribution is 7.00. The summed E-state index contributed by atoms with van der Waals surface area (Å²) in [6.45, 7) is 13.8. The number of fused-ring (bicyclic) bond motifs is 7. The third-order valence-corrected chi connectivity index (χ3v) is 21.8. The zero-order valence-electron chi connectivity index (χ0n) is 59.3. The van der Waals surface area contributed by atoms with Crippen LogP contribution in [0.1, 0.15) is 52.7 Å². The van der Waals surface area contributed by atoms with Gasteiger partial charge in [-0.25, -0.2) is 0 Å². The molecule has 2 aliphatic heterocycles. The summed E-state index contributed by atoms with van der Waals surface area (Å²) in [6, 6.07) is 130. The molecule has 0 amide bonds. The van der Waals surface area contributed by atoms with E-state index in [-0.39, 0.29) is 17.5 Å². The number of rotatable bonds is 12. The van der Waals surface area contributed by atoms with E-state index in [1.807, 2.05) is 0 Å². The first-order valence-corrected chi connectivity index (χ1v) is 36.2. The number of hydrogen-bond donors (Lipinski definition) is 0. The molecule has 0 N–H and O–H groups in total. The van der Waals surface area contributed by atoms with Crippen molar-refractivity contribution < 1.29 is 0 Å². The Morgan fingerprint density at radius 2 is 0.689 bits per heavy atom. The maximum absolute atomic E-state index is 2.66. The smallest absolute Gasteiger partial charge is 0.252 e. The second-order valence-electron chi connectivity index (χ2n) is 30.1. The van der Waals surface area contributed by atoms with Gasteiger partial charge in [0, 0.05) is 63.0 Å². The largest absolute Gasteiger partial charge is 0.344 e. The van der Waals surface area contributed by atoms with Crippen LogP contribution in [-0.4, -0.2) is 18.3 Å². The predicted octanol–water partition coefficient (Wildman–Crippen LogP) is 24.8. The number of aromatic nitrogens is 1. The summed E-state index contributed by atoms with van der Waals surface area (Å²) in [4.78, 5) is 5.06. The van der Waals surface area contributed by atoms with Gasteiger partial charge in [0.05, 0.1) is 5.52 Å². The molecule has 0 atom stereocenters. The molecule has 3 nitrogen and oxygen atoms in total. The molecule has 3 heterocycles. The molecule has 1 aromatic heterocycles. The average Bonchev–Trinajstić information content (AvgIpc) is 1.61. The highest BCUT2D eigenvalue weighted by Gasteiger charge is 2.44. The van der Waals surface area contributed by atoms with E-state index in [1.54, 1.807) is 0 Å². The first-order chi connectivity index (χ1) is 50.3. The van der Waals surface area contributed by atoms with E-state index in [0.29, 0.717) is 0 Å². The Labute approximate surface area is 606 Å². The number of hydrogen-bond acceptors (Lipinski definition) is 2. The summed E-state index contributed by atoms with van der Waals surface area (Å²) in [7, 11) is 2.28. The van der Waals surface area contributed by atoms with Crippen molar-refractivity contribution in [2.75, 3.05) is 16.8 Å². The molecule has 4 heteroatoms. The number of benzene rings is 15. The second kappa shape index (κ2) is 25.1. The Hall–Kier alpha value is -12.2. The van der Waals surface area contributed by atoms with Crippen molar-refractivity contribution >= 4 is 73.3 Å². The number of anilines is 5. The lowest BCUT2D eigenvalue weighted by Crippen LogP contribution is -2.60. The molecule has 16 aromatic rings. The van der Waals surface area contributed by atoms with Gasteiger partial charge in [-0.1, -0.05) is 333 Å². The molecular formula is C99H78BN3. The third kappa shape index (κ3) is 11.2. The molecule has 18 rings (SSSR count). The van der Waals surface area contributed by atoms with Crippen LogP contribution in [0.25, 0.3) is 128 Å². The zero-order chi connectivity index (χ0) is 69.7. The number of nitrogens with zero attached hydrogens (tertiary/aromatic N) is 3. The summed E-state index contributed by atoms with van der Waals surface area (Å²) < 4.78 is 2.66. The van der Waals surface area contributed by atoms with Gasteiger partial charge in [0.1, 0.15) is 0 Å². The first kappa shape index (κ1) is 63.0. The van der Waals surface area contributed by atoms with Gasteiger partial charge in [-0.05, 0) is 188 Å². The maximum Gasteiger partial charge on any atom is 0.252 e. The minimum absolute atomic E-state index is 0.0530. The van der Waals surface area contributed by atoms with Gasteiger partial charge in [-0.3, -0.25) is 0 Å². The molecule has 0 bridgehead atoms. The van der Waals surface area contributed by atoms with Crippen molar-refractivity contribution in [1.29, 1.82) is 0 Å². The van der Waals surface area contributed by atoms with E-state index in [2.05, 4.69) is 409 Å². The molecule has 0 saturated carbocycles. The summed E-state index contributed by atoms with van der Waals surface area (Å²) in [5, 5.41) is 2.49. The summed E-state index contributed by atoms with van der Waals surface area (Å²) >= 11 is 0. The molecule has 103 heavy (non-hydrogen) atoms. The Morgan fingerprint density at radius 3 is 1.20 bits per heavy atom. The van der Waals surface area contributed by atoms with Gasteiger partial charge in [0.25, 0.3) is 6.71 Å². The van der Waals surface area contributed by atoms with Crippen LogP contribution in [0, 0.1) is 0 Å². The molecule has 0 fully saturated rings. The first-order valence-electron chi connectivity index (χ1n) is 36.2. The molecule has 0 radical (unpaired) electrons. The minimum Gasteiger partial charge on any atom is -0.344 e. The fraction of sp³-hybridized carbons (Fsp3) is 0.0909. The molecule has 0 aliphatic carbocycles. The van der Waals surface area contributed by atoms with Crippen LogP contribution >= 0.6 is 0 Å². The van der Waals surface area contributed by atoms with E-state index in [4.69, 9.17) is 0 Å². The highest BCUT2D eigenvalue weighted by atomic mass is 15.2. The summed E-state index contributed by atoms with van der Waals surface area (Å²) in [6.07, 6.45) is 0. The van der Waals surface area contributed by atoms with Gasteiger partial charge >= 0.3 is 0 Å². The monoisotopic (exact) mass is 1320 g/mol. The fourth-order valence-electron chi connectivity index (χ4n) is 16.3. The van der Waals surface area contributed by atoms with E-state index < -0.39 is 0 Å². The lowest BCUT2D eigenvalue weighted by molar-refractivity contribution is 0.590. The van der Waals surface area contributed by atoms with Crippen molar-refractivity contribution in [3.8, 4) is 106 Å². The maximum atomic E-state index is 2.66. The topological polar surface area (TPSA) is 11.4 Å². The van der Waals surface area contributed by atoms with E-state index >= 15 is 0 Å². The standard InChI is InChI=1S/C99H78BN3/c1-98(2,3)78-50-53-80(54-51-78)102-92-56-49-76(84-34-22-20-32-82(84)72-42-36-69(37-43-72)65-24-12-8-13-25-65)59-89(92)100-90-60-77(85-35-23-21-33-83(85)73-44-38-70(39-45-73)66-26-14-9-15-27-66)58-88-87-62-79(99(4,5)6)52-57-91(87)103(97(88)90)95-64-81(63-94(102)96(95)100)101(7)93-61-75(68-30-18-11-19-31-68)48-55-86(93)74-46-40-71(41-47-74)67-28-16-10-17-29-67/h8-64H,1-7H3. The Bertz CT molecular complexity index is 5900. The van der Waals surface area contributed by atoms with Gasteiger partial charge in [-0.15, -0.1) is 0 Å². The van der Waals surface area contributed by atoms with E-state index in [9.17, 15) is 0 Å². The van der Waals surface area contributed by atoms with Crippen molar-refractivity contribution in [3.63, 3.8) is 0 Å². The van der Waals surface area contributed by atoms with Gasteiger partial charge in [0.15, 0.2) is 0 Å². The predicted molar refractivity (Wildman–Crippen MR) is 441 cm³/mol. The zero-order valence-corrected chi connectivity index (χ0v) is 59.3. The fourth-order valence-corrected chi connectivity index (χ4v) is 16.3. The van der Waals surface area contributed by atoms with Crippen LogP contribution in [0.2, 0.25) is 0 Å². The molecule has 0 saturated heterocycles. The minimum atomic E-state index is -0.208. The van der Waals surface area contributed by atoms with Crippen molar-refractivity contribution in [1.82, 2.24) is 4.57 Å². The lowest BCUT2D eigenvalue weighted by atomic mass is 9.33. The molecule has 2 aliphatic rings. The lowest BCUT2D eigenvalue weighted by Gasteiger charge is -2.41. The Kier molecular flexibility index (Phi) is 15.4. The molecule has 492 valence electrons. The SMILES string of the molecule is CN(c1cc2c3c(c1)-n1c4ccc(C(C)(C)C)cc4c4cc(-c5ccccc5-c5ccc(-c6ccccc6)cc5)cc(c41)B3c1cc(-c3ccccc3-c3ccc(-c4ccccc4)cc3)ccc1N2c1ccc(C(C)(C)C)cc1)c1cc(-c2ccccc2)ccc1-c1ccc(-c2ccccc2)cc1. The second-order valence-corrected chi connectivity index (χ2v) is 30.1. The highest BCUT2D eigenvalue weighted by Crippen LogP contribution is 2.49. The van der Waals surface area contributed by atoms with Crippen LogP contribution < -0.4 is 26.2 Å². The third-order valence-electron chi connectivity index (χ3n) is 21.8. The van der Waals surface area contributed by atoms with Crippen molar-refractivity contribution in [2.24, 2.45) is 0 Å². The van der Waals surface area contributed by atoms with E-state index in [0.717, 1.165) is 45.1 Å². The Morgan fingerprint density at radius 1 is 0.282 bits per heavy atom. The van der Waals surface area contributed by atoms with Gasteiger partial charge in [-0.2, -0.15) is 0 Å².